The summed E-state index contributed by atoms with van der Waals surface area (Å²) in [5.41, 5.74) is 7.19. The average molecular weight is 542 g/mol. The average Bonchev–Trinajstić information content (AvgIpc) is 3.49. The van der Waals surface area contributed by atoms with Crippen molar-refractivity contribution in [1.29, 1.82) is 0 Å². The van der Waals surface area contributed by atoms with Crippen LogP contribution in [0, 0.1) is 0 Å². The van der Waals surface area contributed by atoms with Crippen LogP contribution in [0.25, 0.3) is 11.1 Å². The van der Waals surface area contributed by atoms with E-state index >= 15 is 0 Å². The largest absolute Gasteiger partial charge is 0.346 e. The minimum absolute atomic E-state index is 0.0958. The molecule has 0 unspecified atom stereocenters. The summed E-state index contributed by atoms with van der Waals surface area (Å²) in [5.74, 6) is 0. The molecule has 0 amide bonds. The molecule has 1 heterocycles. The number of benzene rings is 2. The number of halogens is 1. The van der Waals surface area contributed by atoms with Crippen LogP contribution in [0.2, 0.25) is 0 Å². The van der Waals surface area contributed by atoms with Crippen molar-refractivity contribution in [2.24, 2.45) is 0 Å². The zero-order chi connectivity index (χ0) is 24.5. The Kier molecular flexibility index (Phi) is 10.3. The zero-order valence-electron chi connectivity index (χ0n) is 22.0. The lowest BCUT2D eigenvalue weighted by atomic mass is 9.70. The SMILES string of the molecule is CCCCCCCCC1(CCCCCCCC)c2cc(Br)ccc2-c2ccc(C3OCCO3)cc21. The van der Waals surface area contributed by atoms with Crippen LogP contribution in [-0.2, 0) is 14.9 Å². The van der Waals surface area contributed by atoms with Gasteiger partial charge in [0, 0.05) is 15.5 Å². The molecule has 35 heavy (non-hydrogen) atoms. The molecular formula is C32H45BrO2. The molecule has 1 aliphatic carbocycles. The molecule has 0 N–H and O–H groups in total. The van der Waals surface area contributed by atoms with Gasteiger partial charge in [-0.1, -0.05) is 125 Å². The van der Waals surface area contributed by atoms with Gasteiger partial charge in [-0.25, -0.2) is 0 Å². The lowest BCUT2D eigenvalue weighted by Gasteiger charge is -2.33. The summed E-state index contributed by atoms with van der Waals surface area (Å²) in [5, 5.41) is 0. The van der Waals surface area contributed by atoms with E-state index in [4.69, 9.17) is 9.47 Å². The van der Waals surface area contributed by atoms with Crippen molar-refractivity contribution in [3.63, 3.8) is 0 Å². The van der Waals surface area contributed by atoms with Crippen molar-refractivity contribution in [2.45, 2.75) is 115 Å². The molecule has 0 radical (unpaired) electrons. The van der Waals surface area contributed by atoms with E-state index in [0.717, 1.165) is 0 Å². The third-order valence-electron chi connectivity index (χ3n) is 8.15. The molecule has 0 atom stereocenters. The van der Waals surface area contributed by atoms with Crippen LogP contribution >= 0.6 is 15.9 Å². The van der Waals surface area contributed by atoms with E-state index in [0.29, 0.717) is 13.2 Å². The van der Waals surface area contributed by atoms with Gasteiger partial charge in [0.1, 0.15) is 0 Å². The minimum Gasteiger partial charge on any atom is -0.346 e. The van der Waals surface area contributed by atoms with Crippen LogP contribution in [0.3, 0.4) is 0 Å². The van der Waals surface area contributed by atoms with Crippen molar-refractivity contribution in [3.05, 3.63) is 57.6 Å². The van der Waals surface area contributed by atoms with Gasteiger partial charge < -0.3 is 9.47 Å². The van der Waals surface area contributed by atoms with Crippen molar-refractivity contribution in [1.82, 2.24) is 0 Å². The minimum atomic E-state index is -0.212. The van der Waals surface area contributed by atoms with Crippen LogP contribution in [-0.4, -0.2) is 13.2 Å². The first-order chi connectivity index (χ1) is 17.2. The van der Waals surface area contributed by atoms with Crippen LogP contribution < -0.4 is 0 Å². The third-order valence-corrected chi connectivity index (χ3v) is 8.65. The highest BCUT2D eigenvalue weighted by Crippen LogP contribution is 2.55. The molecule has 0 spiro atoms. The number of fused-ring (bicyclic) bond motifs is 3. The fourth-order valence-electron chi connectivity index (χ4n) is 6.26. The Morgan fingerprint density at radius 3 is 1.80 bits per heavy atom. The molecule has 4 rings (SSSR count). The second-order valence-corrected chi connectivity index (χ2v) is 11.6. The third kappa shape index (κ3) is 6.40. The number of unbranched alkanes of at least 4 members (excludes halogenated alkanes) is 10. The summed E-state index contributed by atoms with van der Waals surface area (Å²) >= 11 is 3.81. The first-order valence-corrected chi connectivity index (χ1v) is 15.2. The van der Waals surface area contributed by atoms with Gasteiger partial charge in [-0.2, -0.15) is 0 Å². The van der Waals surface area contributed by atoms with Crippen LogP contribution in [0.4, 0.5) is 0 Å². The Morgan fingerprint density at radius 2 is 1.20 bits per heavy atom. The Bertz CT molecular complexity index is 915. The zero-order valence-corrected chi connectivity index (χ0v) is 23.6. The van der Waals surface area contributed by atoms with E-state index in [-0.39, 0.29) is 11.7 Å². The molecule has 192 valence electrons. The quantitative estimate of drug-likeness (QED) is 0.209. The van der Waals surface area contributed by atoms with Crippen LogP contribution in [0.1, 0.15) is 127 Å². The number of hydrogen-bond acceptors (Lipinski definition) is 2. The van der Waals surface area contributed by atoms with Gasteiger partial charge in [0.25, 0.3) is 0 Å². The van der Waals surface area contributed by atoms with Gasteiger partial charge in [0.15, 0.2) is 6.29 Å². The number of hydrogen-bond donors (Lipinski definition) is 0. The first kappa shape index (κ1) is 26.9. The molecule has 1 fully saturated rings. The maximum atomic E-state index is 5.91. The maximum Gasteiger partial charge on any atom is 0.184 e. The topological polar surface area (TPSA) is 18.5 Å². The Balaban J connectivity index is 1.63. The highest BCUT2D eigenvalue weighted by atomic mass is 79.9. The molecule has 0 aromatic heterocycles. The lowest BCUT2D eigenvalue weighted by Crippen LogP contribution is -2.26. The summed E-state index contributed by atoms with van der Waals surface area (Å²) in [4.78, 5) is 0. The Hall–Kier alpha value is -1.16. The second-order valence-electron chi connectivity index (χ2n) is 10.7. The van der Waals surface area contributed by atoms with E-state index in [1.54, 1.807) is 0 Å². The van der Waals surface area contributed by atoms with Crippen LogP contribution in [0.5, 0.6) is 0 Å². The van der Waals surface area contributed by atoms with Crippen LogP contribution in [0.15, 0.2) is 40.9 Å². The van der Waals surface area contributed by atoms with Gasteiger partial charge in [-0.15, -0.1) is 0 Å². The monoisotopic (exact) mass is 540 g/mol. The van der Waals surface area contributed by atoms with E-state index in [1.807, 2.05) is 0 Å². The number of rotatable bonds is 15. The van der Waals surface area contributed by atoms with Crippen molar-refractivity contribution in [3.8, 4) is 11.1 Å². The summed E-state index contributed by atoms with van der Waals surface area (Å²) in [7, 11) is 0. The molecule has 0 saturated carbocycles. The number of ether oxygens (including phenoxy) is 2. The summed E-state index contributed by atoms with van der Waals surface area (Å²) < 4.78 is 13.0. The highest BCUT2D eigenvalue weighted by molar-refractivity contribution is 9.10. The smallest absolute Gasteiger partial charge is 0.184 e. The highest BCUT2D eigenvalue weighted by Gasteiger charge is 2.42. The molecule has 0 bridgehead atoms. The summed E-state index contributed by atoms with van der Waals surface area (Å²) in [6, 6.07) is 14.0. The van der Waals surface area contributed by atoms with E-state index in [9.17, 15) is 0 Å². The van der Waals surface area contributed by atoms with Crippen molar-refractivity contribution >= 4 is 15.9 Å². The molecule has 2 nitrogen and oxygen atoms in total. The summed E-state index contributed by atoms with van der Waals surface area (Å²) in [6.45, 7) is 5.98. The fourth-order valence-corrected chi connectivity index (χ4v) is 6.62. The normalized spacial score (nSPS) is 16.5. The van der Waals surface area contributed by atoms with Gasteiger partial charge in [-0.3, -0.25) is 0 Å². The Labute approximate surface area is 222 Å². The second kappa shape index (κ2) is 13.4. The molecular weight excluding hydrogens is 496 g/mol. The van der Waals surface area contributed by atoms with Gasteiger partial charge in [0.2, 0.25) is 0 Å². The van der Waals surface area contributed by atoms with E-state index in [1.165, 1.54) is 122 Å². The molecule has 1 saturated heterocycles. The molecule has 2 aliphatic rings. The molecule has 1 aliphatic heterocycles. The predicted octanol–water partition coefficient (Wildman–Crippen LogP) is 10.3. The van der Waals surface area contributed by atoms with E-state index < -0.39 is 0 Å². The maximum absolute atomic E-state index is 5.91. The predicted molar refractivity (Wildman–Crippen MR) is 151 cm³/mol. The molecule has 2 aromatic carbocycles. The fraction of sp³-hybridized carbons (Fsp3) is 0.625. The van der Waals surface area contributed by atoms with Gasteiger partial charge >= 0.3 is 0 Å². The molecule has 2 aromatic rings. The van der Waals surface area contributed by atoms with Crippen molar-refractivity contribution < 1.29 is 9.47 Å². The van der Waals surface area contributed by atoms with Gasteiger partial charge in [0.05, 0.1) is 13.2 Å². The lowest BCUT2D eigenvalue weighted by molar-refractivity contribution is -0.0441. The first-order valence-electron chi connectivity index (χ1n) is 14.4. The standard InChI is InChI=1S/C32H45BrO2/c1-3-5-7-9-11-13-19-32(20-14-12-10-8-6-4-2)29-23-25(31-34-21-22-35-31)15-17-27(29)28-18-16-26(33)24-30(28)32/h15-18,23-24,31H,3-14,19-22H2,1-2H3. The van der Waals surface area contributed by atoms with E-state index in [2.05, 4.69) is 66.2 Å². The molecule has 3 heteroatoms. The van der Waals surface area contributed by atoms with Gasteiger partial charge in [-0.05, 0) is 53.3 Å². The summed E-state index contributed by atoms with van der Waals surface area (Å²) in [6.07, 6.45) is 18.4. The van der Waals surface area contributed by atoms with Crippen molar-refractivity contribution in [2.75, 3.05) is 13.2 Å². The Morgan fingerprint density at radius 1 is 0.686 bits per heavy atom.